The maximum Gasteiger partial charge on any atom is 0.146 e. The fourth-order valence-corrected chi connectivity index (χ4v) is 4.12. The monoisotopic (exact) mass is 340 g/mol. The summed E-state index contributed by atoms with van der Waals surface area (Å²) in [7, 11) is 0. The summed E-state index contributed by atoms with van der Waals surface area (Å²) in [6, 6.07) is 6.87. The molecule has 0 saturated carbocycles. The normalized spacial score (nSPS) is 28.9. The zero-order valence-corrected chi connectivity index (χ0v) is 13.5. The molecule has 4 heteroatoms. The van der Waals surface area contributed by atoms with Crippen molar-refractivity contribution >= 4 is 21.6 Å². The fourth-order valence-electron chi connectivity index (χ4n) is 3.77. The third-order valence-electron chi connectivity index (χ3n) is 4.60. The van der Waals surface area contributed by atoms with Crippen LogP contribution in [0.1, 0.15) is 39.0 Å². The van der Waals surface area contributed by atoms with E-state index in [4.69, 9.17) is 0 Å². The molecule has 2 nitrogen and oxygen atoms in total. The summed E-state index contributed by atoms with van der Waals surface area (Å²) >= 11 is 3.46. The van der Waals surface area contributed by atoms with Gasteiger partial charge in [-0.15, -0.1) is 0 Å². The minimum absolute atomic E-state index is 0.0925. The van der Waals surface area contributed by atoms with E-state index in [-0.39, 0.29) is 5.82 Å². The Morgan fingerprint density at radius 2 is 2.00 bits per heavy atom. The molecule has 110 valence electrons. The van der Waals surface area contributed by atoms with Crippen molar-refractivity contribution < 1.29 is 4.39 Å². The molecule has 2 fully saturated rings. The lowest BCUT2D eigenvalue weighted by Crippen LogP contribution is -2.49. The average molecular weight is 341 g/mol. The smallest absolute Gasteiger partial charge is 0.146 e. The van der Waals surface area contributed by atoms with Crippen LogP contribution < -0.4 is 10.2 Å². The van der Waals surface area contributed by atoms with Crippen LogP contribution in [0.25, 0.3) is 0 Å². The van der Waals surface area contributed by atoms with Gasteiger partial charge in [-0.3, -0.25) is 0 Å². The molecule has 1 N–H and O–H groups in total. The van der Waals surface area contributed by atoms with E-state index < -0.39 is 0 Å². The molecular formula is C16H22BrFN2. The molecule has 20 heavy (non-hydrogen) atoms. The lowest BCUT2D eigenvalue weighted by molar-refractivity contribution is 0.354. The topological polar surface area (TPSA) is 15.3 Å². The van der Waals surface area contributed by atoms with E-state index in [1.54, 1.807) is 12.1 Å². The predicted octanol–water partition coefficient (Wildman–Crippen LogP) is 4.09. The van der Waals surface area contributed by atoms with Crippen LogP contribution >= 0.6 is 15.9 Å². The van der Waals surface area contributed by atoms with Crippen LogP contribution in [-0.2, 0) is 0 Å². The molecule has 1 aromatic carbocycles. The lowest BCUT2D eigenvalue weighted by atomic mass is 9.96. The first-order valence-electron chi connectivity index (χ1n) is 7.65. The maximum absolute atomic E-state index is 14.2. The molecule has 3 rings (SSSR count). The molecule has 2 aliphatic heterocycles. The molecule has 0 radical (unpaired) electrons. The summed E-state index contributed by atoms with van der Waals surface area (Å²) in [4.78, 5) is 2.34. The third kappa shape index (κ3) is 2.73. The number of anilines is 1. The van der Waals surface area contributed by atoms with Gasteiger partial charge in [0.05, 0.1) is 5.69 Å². The van der Waals surface area contributed by atoms with Gasteiger partial charge in [0, 0.05) is 22.6 Å². The molecule has 2 bridgehead atoms. The highest BCUT2D eigenvalue weighted by atomic mass is 79.9. The number of rotatable bonds is 4. The van der Waals surface area contributed by atoms with Gasteiger partial charge in [-0.25, -0.2) is 4.39 Å². The van der Waals surface area contributed by atoms with Crippen molar-refractivity contribution in [1.82, 2.24) is 5.32 Å². The van der Waals surface area contributed by atoms with Crippen LogP contribution in [0.4, 0.5) is 10.1 Å². The molecule has 2 atom stereocenters. The Hall–Kier alpha value is -0.610. The number of nitrogens with one attached hydrogen (secondary N) is 1. The Morgan fingerprint density at radius 1 is 1.30 bits per heavy atom. The van der Waals surface area contributed by atoms with E-state index in [0.29, 0.717) is 18.1 Å². The van der Waals surface area contributed by atoms with E-state index in [1.165, 1.54) is 19.3 Å². The van der Waals surface area contributed by atoms with Gasteiger partial charge < -0.3 is 10.2 Å². The minimum Gasteiger partial charge on any atom is -0.363 e. The SMILES string of the molecule is CCCNC1CC2CCC(C1)N2c1cc(Br)ccc1F. The number of piperidine rings is 1. The Kier molecular flexibility index (Phi) is 4.32. The van der Waals surface area contributed by atoms with Gasteiger partial charge in [-0.1, -0.05) is 22.9 Å². The van der Waals surface area contributed by atoms with Crippen LogP contribution in [0.3, 0.4) is 0 Å². The van der Waals surface area contributed by atoms with E-state index in [2.05, 4.69) is 33.1 Å². The second-order valence-corrected chi connectivity index (χ2v) is 6.93. The number of fused-ring (bicyclic) bond motifs is 2. The van der Waals surface area contributed by atoms with Gasteiger partial charge in [-0.05, 0) is 56.8 Å². The first-order chi connectivity index (χ1) is 9.69. The first-order valence-corrected chi connectivity index (χ1v) is 8.45. The van der Waals surface area contributed by atoms with Crippen molar-refractivity contribution in [2.24, 2.45) is 0 Å². The Morgan fingerprint density at radius 3 is 2.65 bits per heavy atom. The van der Waals surface area contributed by atoms with E-state index in [9.17, 15) is 4.39 Å². The van der Waals surface area contributed by atoms with Crippen LogP contribution in [0, 0.1) is 5.82 Å². The third-order valence-corrected chi connectivity index (χ3v) is 5.10. The molecule has 0 spiro atoms. The Bertz CT molecular complexity index is 466. The summed E-state index contributed by atoms with van der Waals surface area (Å²) in [6.45, 7) is 3.29. The summed E-state index contributed by atoms with van der Waals surface area (Å²) in [6.07, 6.45) is 5.85. The molecule has 0 amide bonds. The molecule has 0 aromatic heterocycles. The zero-order valence-electron chi connectivity index (χ0n) is 11.9. The zero-order chi connectivity index (χ0) is 14.1. The highest BCUT2D eigenvalue weighted by molar-refractivity contribution is 9.10. The van der Waals surface area contributed by atoms with Crippen molar-refractivity contribution in [3.8, 4) is 0 Å². The largest absolute Gasteiger partial charge is 0.363 e. The van der Waals surface area contributed by atoms with Gasteiger partial charge in [0.25, 0.3) is 0 Å². The number of hydrogen-bond donors (Lipinski definition) is 1. The predicted molar refractivity (Wildman–Crippen MR) is 84.7 cm³/mol. The quantitative estimate of drug-likeness (QED) is 0.888. The van der Waals surface area contributed by atoms with E-state index >= 15 is 0 Å². The summed E-state index contributed by atoms with van der Waals surface area (Å²) < 4.78 is 15.1. The van der Waals surface area contributed by atoms with Crippen LogP contribution in [-0.4, -0.2) is 24.7 Å². The van der Waals surface area contributed by atoms with Gasteiger partial charge in [0.15, 0.2) is 0 Å². The van der Waals surface area contributed by atoms with Crippen molar-refractivity contribution in [1.29, 1.82) is 0 Å². The van der Waals surface area contributed by atoms with Gasteiger partial charge in [0.1, 0.15) is 5.82 Å². The van der Waals surface area contributed by atoms with Crippen molar-refractivity contribution in [2.45, 2.75) is 57.2 Å². The van der Waals surface area contributed by atoms with Crippen LogP contribution in [0.5, 0.6) is 0 Å². The molecule has 2 saturated heterocycles. The second kappa shape index (κ2) is 6.02. The van der Waals surface area contributed by atoms with Gasteiger partial charge >= 0.3 is 0 Å². The maximum atomic E-state index is 14.2. The summed E-state index contributed by atoms with van der Waals surface area (Å²) in [5.74, 6) is -0.0925. The van der Waals surface area contributed by atoms with E-state index in [1.807, 2.05) is 6.07 Å². The Balaban J connectivity index is 1.78. The highest BCUT2D eigenvalue weighted by Gasteiger charge is 2.41. The number of benzene rings is 1. The fraction of sp³-hybridized carbons (Fsp3) is 0.625. The van der Waals surface area contributed by atoms with Crippen LogP contribution in [0.15, 0.2) is 22.7 Å². The average Bonchev–Trinajstić information content (AvgIpc) is 2.70. The van der Waals surface area contributed by atoms with Gasteiger partial charge in [0.2, 0.25) is 0 Å². The summed E-state index contributed by atoms with van der Waals surface area (Å²) in [5, 5.41) is 3.64. The number of hydrogen-bond acceptors (Lipinski definition) is 2. The molecule has 1 aromatic rings. The second-order valence-electron chi connectivity index (χ2n) is 6.01. The Labute approximate surface area is 128 Å². The first kappa shape index (κ1) is 14.3. The van der Waals surface area contributed by atoms with Crippen molar-refractivity contribution in [3.05, 3.63) is 28.5 Å². The van der Waals surface area contributed by atoms with Crippen molar-refractivity contribution in [3.63, 3.8) is 0 Å². The molecule has 2 unspecified atom stereocenters. The molecule has 0 aliphatic carbocycles. The highest BCUT2D eigenvalue weighted by Crippen LogP contribution is 2.41. The minimum atomic E-state index is -0.0925. The number of halogens is 2. The lowest BCUT2D eigenvalue weighted by Gasteiger charge is -2.41. The molecule has 2 heterocycles. The molecular weight excluding hydrogens is 319 g/mol. The number of nitrogens with zero attached hydrogens (tertiary/aromatic N) is 1. The van der Waals surface area contributed by atoms with E-state index in [0.717, 1.165) is 29.5 Å². The molecule has 2 aliphatic rings. The van der Waals surface area contributed by atoms with Crippen molar-refractivity contribution in [2.75, 3.05) is 11.4 Å². The van der Waals surface area contributed by atoms with Gasteiger partial charge in [-0.2, -0.15) is 0 Å². The standard InChI is InChI=1S/C16H22BrFN2/c1-2-7-19-12-9-13-4-5-14(10-12)20(13)16-8-11(17)3-6-15(16)18/h3,6,8,12-14,19H,2,4-5,7,9-10H2,1H3. The van der Waals surface area contributed by atoms with Crippen LogP contribution in [0.2, 0.25) is 0 Å². The summed E-state index contributed by atoms with van der Waals surface area (Å²) in [5.41, 5.74) is 0.779.